The van der Waals surface area contributed by atoms with E-state index in [9.17, 15) is 9.90 Å². The zero-order valence-electron chi connectivity index (χ0n) is 8.53. The minimum absolute atomic E-state index is 0.0973. The molecule has 0 amide bonds. The molecular formula is C13H12O2. The number of benzene rings is 1. The molecule has 1 aromatic carbocycles. The predicted molar refractivity (Wildman–Crippen MR) is 59.3 cm³/mol. The molecule has 0 saturated carbocycles. The predicted octanol–water partition coefficient (Wildman–Crippen LogP) is 2.73. The van der Waals surface area contributed by atoms with Gasteiger partial charge in [-0.15, -0.1) is 0 Å². The van der Waals surface area contributed by atoms with E-state index in [0.29, 0.717) is 11.1 Å². The maximum atomic E-state index is 11.5. The van der Waals surface area contributed by atoms with Crippen LogP contribution in [0.3, 0.4) is 0 Å². The number of carbonyl (C=O) groups excluding carboxylic acids is 1. The SMILES string of the molecule is C=C1C(=O)C(O)=C(c2ccccc2)[C@H]1C. The number of hydrogen-bond donors (Lipinski definition) is 1. The van der Waals surface area contributed by atoms with Crippen molar-refractivity contribution in [3.8, 4) is 0 Å². The van der Waals surface area contributed by atoms with Crippen molar-refractivity contribution in [3.05, 3.63) is 53.8 Å². The Bertz CT molecular complexity index is 455. The van der Waals surface area contributed by atoms with E-state index in [2.05, 4.69) is 6.58 Å². The topological polar surface area (TPSA) is 37.3 Å². The van der Waals surface area contributed by atoms with Crippen molar-refractivity contribution in [3.63, 3.8) is 0 Å². The van der Waals surface area contributed by atoms with Crippen molar-refractivity contribution in [2.45, 2.75) is 6.92 Å². The molecule has 2 rings (SSSR count). The summed E-state index contributed by atoms with van der Waals surface area (Å²) in [4.78, 5) is 11.5. The first-order chi connectivity index (χ1) is 7.13. The molecule has 2 nitrogen and oxygen atoms in total. The monoisotopic (exact) mass is 200 g/mol. The zero-order chi connectivity index (χ0) is 11.0. The molecular weight excluding hydrogens is 188 g/mol. The lowest BCUT2D eigenvalue weighted by Crippen LogP contribution is -2.00. The van der Waals surface area contributed by atoms with Crippen LogP contribution in [-0.4, -0.2) is 10.9 Å². The van der Waals surface area contributed by atoms with E-state index in [4.69, 9.17) is 0 Å². The Kier molecular flexibility index (Phi) is 2.19. The van der Waals surface area contributed by atoms with Crippen LogP contribution in [0.15, 0.2) is 48.2 Å². The molecule has 0 aliphatic heterocycles. The molecule has 0 spiro atoms. The lowest BCUT2D eigenvalue weighted by molar-refractivity contribution is -0.114. The van der Waals surface area contributed by atoms with Gasteiger partial charge in [0.1, 0.15) is 0 Å². The summed E-state index contributed by atoms with van der Waals surface area (Å²) in [5, 5.41) is 9.72. The number of Topliss-reactive ketones (excluding diaryl/α,β-unsaturated/α-hetero) is 1. The van der Waals surface area contributed by atoms with Gasteiger partial charge < -0.3 is 5.11 Å². The highest BCUT2D eigenvalue weighted by molar-refractivity contribution is 6.17. The first kappa shape index (κ1) is 9.71. The number of rotatable bonds is 1. The zero-order valence-corrected chi connectivity index (χ0v) is 8.53. The largest absolute Gasteiger partial charge is 0.504 e. The summed E-state index contributed by atoms with van der Waals surface area (Å²) < 4.78 is 0. The third-order valence-electron chi connectivity index (χ3n) is 2.80. The summed E-state index contributed by atoms with van der Waals surface area (Å²) in [6.45, 7) is 5.57. The number of hydrogen-bond acceptors (Lipinski definition) is 2. The van der Waals surface area contributed by atoms with Crippen LogP contribution in [0.25, 0.3) is 5.57 Å². The second kappa shape index (κ2) is 3.39. The minimum Gasteiger partial charge on any atom is -0.504 e. The highest BCUT2D eigenvalue weighted by Gasteiger charge is 2.33. The van der Waals surface area contributed by atoms with E-state index in [1.54, 1.807) is 0 Å². The quantitative estimate of drug-likeness (QED) is 0.708. The Morgan fingerprint density at radius 3 is 2.33 bits per heavy atom. The van der Waals surface area contributed by atoms with E-state index < -0.39 is 0 Å². The molecule has 0 bridgehead atoms. The first-order valence-electron chi connectivity index (χ1n) is 4.85. The molecule has 0 unspecified atom stereocenters. The van der Waals surface area contributed by atoms with Crippen LogP contribution in [-0.2, 0) is 4.79 Å². The number of aliphatic hydroxyl groups is 1. The van der Waals surface area contributed by atoms with E-state index in [1.165, 1.54) is 0 Å². The molecule has 1 atom stereocenters. The fraction of sp³-hybridized carbons (Fsp3) is 0.154. The summed E-state index contributed by atoms with van der Waals surface area (Å²) in [7, 11) is 0. The summed E-state index contributed by atoms with van der Waals surface area (Å²) in [6.07, 6.45) is 0. The van der Waals surface area contributed by atoms with Crippen molar-refractivity contribution >= 4 is 11.4 Å². The van der Waals surface area contributed by atoms with Crippen molar-refractivity contribution in [1.82, 2.24) is 0 Å². The molecule has 1 N–H and O–H groups in total. The Morgan fingerprint density at radius 2 is 1.87 bits per heavy atom. The molecule has 0 fully saturated rings. The van der Waals surface area contributed by atoms with E-state index in [-0.39, 0.29) is 17.5 Å². The maximum absolute atomic E-state index is 11.5. The minimum atomic E-state index is -0.332. The van der Waals surface area contributed by atoms with Crippen molar-refractivity contribution in [2.75, 3.05) is 0 Å². The smallest absolute Gasteiger partial charge is 0.223 e. The Labute approximate surface area is 88.6 Å². The van der Waals surface area contributed by atoms with Gasteiger partial charge in [0.15, 0.2) is 5.76 Å². The second-order valence-electron chi connectivity index (χ2n) is 3.70. The standard InChI is InChI=1S/C13H12O2/c1-8-9(2)12(14)13(15)11(8)10-6-4-3-5-7-10/h3-8,15H,2H2,1H3/t8-/m0/s1. The van der Waals surface area contributed by atoms with Crippen LogP contribution < -0.4 is 0 Å². The van der Waals surface area contributed by atoms with Crippen molar-refractivity contribution < 1.29 is 9.90 Å². The highest BCUT2D eigenvalue weighted by atomic mass is 16.3. The fourth-order valence-electron chi connectivity index (χ4n) is 1.85. The third-order valence-corrected chi connectivity index (χ3v) is 2.80. The Hall–Kier alpha value is -1.83. The average Bonchev–Trinajstić information content (AvgIpc) is 2.45. The molecule has 0 heterocycles. The molecule has 76 valence electrons. The van der Waals surface area contributed by atoms with Crippen LogP contribution in [0, 0.1) is 5.92 Å². The van der Waals surface area contributed by atoms with Crippen LogP contribution in [0.1, 0.15) is 12.5 Å². The number of allylic oxidation sites excluding steroid dienone is 2. The van der Waals surface area contributed by atoms with Crippen LogP contribution in [0.4, 0.5) is 0 Å². The molecule has 2 heteroatoms. The first-order valence-corrected chi connectivity index (χ1v) is 4.85. The van der Waals surface area contributed by atoms with Gasteiger partial charge in [0.2, 0.25) is 5.78 Å². The Morgan fingerprint density at radius 1 is 1.27 bits per heavy atom. The van der Waals surface area contributed by atoms with Crippen LogP contribution in [0.5, 0.6) is 0 Å². The average molecular weight is 200 g/mol. The van der Waals surface area contributed by atoms with Gasteiger partial charge in [-0.25, -0.2) is 0 Å². The van der Waals surface area contributed by atoms with Gasteiger partial charge in [0.25, 0.3) is 0 Å². The molecule has 1 aromatic rings. The van der Waals surface area contributed by atoms with Gasteiger partial charge in [0.05, 0.1) is 0 Å². The van der Waals surface area contributed by atoms with Gasteiger partial charge in [-0.2, -0.15) is 0 Å². The normalized spacial score (nSPS) is 21.3. The highest BCUT2D eigenvalue weighted by Crippen LogP contribution is 2.37. The summed E-state index contributed by atoms with van der Waals surface area (Å²) in [5.41, 5.74) is 2.03. The van der Waals surface area contributed by atoms with E-state index in [1.807, 2.05) is 37.3 Å². The van der Waals surface area contributed by atoms with Gasteiger partial charge in [-0.3, -0.25) is 4.79 Å². The summed E-state index contributed by atoms with van der Waals surface area (Å²) >= 11 is 0. The van der Waals surface area contributed by atoms with Crippen molar-refractivity contribution in [2.24, 2.45) is 5.92 Å². The molecule has 0 saturated heterocycles. The van der Waals surface area contributed by atoms with Gasteiger partial charge in [-0.1, -0.05) is 43.8 Å². The van der Waals surface area contributed by atoms with Gasteiger partial charge >= 0.3 is 0 Å². The molecule has 0 aromatic heterocycles. The van der Waals surface area contributed by atoms with Crippen LogP contribution >= 0.6 is 0 Å². The van der Waals surface area contributed by atoms with Crippen molar-refractivity contribution in [1.29, 1.82) is 0 Å². The summed E-state index contributed by atoms with van der Waals surface area (Å²) in [6, 6.07) is 9.43. The van der Waals surface area contributed by atoms with E-state index >= 15 is 0 Å². The summed E-state index contributed by atoms with van der Waals surface area (Å²) in [5.74, 6) is -0.583. The third kappa shape index (κ3) is 1.38. The van der Waals surface area contributed by atoms with Gasteiger partial charge in [0, 0.05) is 17.1 Å². The molecule has 1 aliphatic carbocycles. The molecule has 15 heavy (non-hydrogen) atoms. The van der Waals surface area contributed by atoms with Gasteiger partial charge in [-0.05, 0) is 5.56 Å². The fourth-order valence-corrected chi connectivity index (χ4v) is 1.85. The second-order valence-corrected chi connectivity index (χ2v) is 3.70. The number of aliphatic hydroxyl groups excluding tert-OH is 1. The number of carbonyl (C=O) groups is 1. The Balaban J connectivity index is 2.55. The van der Waals surface area contributed by atoms with Crippen LogP contribution in [0.2, 0.25) is 0 Å². The lowest BCUT2D eigenvalue weighted by atomic mass is 9.94. The number of ketones is 1. The lowest BCUT2D eigenvalue weighted by Gasteiger charge is -2.08. The van der Waals surface area contributed by atoms with E-state index in [0.717, 1.165) is 5.56 Å². The maximum Gasteiger partial charge on any atom is 0.223 e. The molecule has 0 radical (unpaired) electrons. The molecule has 1 aliphatic rings.